The Balaban J connectivity index is 1.54. The van der Waals surface area contributed by atoms with E-state index in [0.717, 1.165) is 37.0 Å². The maximum Gasteiger partial charge on any atom is 0.248 e. The summed E-state index contributed by atoms with van der Waals surface area (Å²) in [7, 11) is 0. The Morgan fingerprint density at radius 1 is 1.22 bits per heavy atom. The standard InChI is InChI=1S/C16H18ClN5S/c1-23-16-19-15-18-14-12(9-22(15)20-16)8-21(10-13(14)17)7-11-5-3-2-4-6-11/h2-6,12-13H,7-10H2,1H3. The maximum absolute atomic E-state index is 6.62. The molecule has 1 saturated heterocycles. The first-order valence-electron chi connectivity index (χ1n) is 7.70. The van der Waals surface area contributed by atoms with Gasteiger partial charge in [0.05, 0.1) is 11.9 Å². The lowest BCUT2D eigenvalue weighted by molar-refractivity contribution is 0.219. The molecule has 5 nitrogen and oxygen atoms in total. The zero-order valence-electron chi connectivity index (χ0n) is 12.9. The second kappa shape index (κ2) is 6.26. The Morgan fingerprint density at radius 2 is 2.04 bits per heavy atom. The smallest absolute Gasteiger partial charge is 0.248 e. The van der Waals surface area contributed by atoms with Crippen LogP contribution in [-0.4, -0.2) is 50.1 Å². The number of nitrogens with zero attached hydrogens (tertiary/aromatic N) is 5. The number of fused-ring (bicyclic) bond motifs is 2. The van der Waals surface area contributed by atoms with Crippen LogP contribution in [0.15, 0.2) is 40.5 Å². The van der Waals surface area contributed by atoms with Gasteiger partial charge >= 0.3 is 0 Å². The highest BCUT2D eigenvalue weighted by atomic mass is 35.5. The number of rotatable bonds is 3. The van der Waals surface area contributed by atoms with E-state index < -0.39 is 0 Å². The molecule has 1 fully saturated rings. The molecule has 4 rings (SSSR count). The van der Waals surface area contributed by atoms with Gasteiger partial charge in [-0.3, -0.25) is 4.90 Å². The minimum Gasteiger partial charge on any atom is -0.297 e. The topological polar surface area (TPSA) is 46.3 Å². The zero-order chi connectivity index (χ0) is 15.8. The average molecular weight is 348 g/mol. The van der Waals surface area contributed by atoms with Gasteiger partial charge in [-0.15, -0.1) is 16.7 Å². The van der Waals surface area contributed by atoms with E-state index in [-0.39, 0.29) is 5.38 Å². The van der Waals surface area contributed by atoms with Crippen LogP contribution < -0.4 is 0 Å². The number of hydrogen-bond acceptors (Lipinski definition) is 5. The van der Waals surface area contributed by atoms with Crippen LogP contribution >= 0.6 is 23.4 Å². The van der Waals surface area contributed by atoms with E-state index in [2.05, 4.69) is 39.2 Å². The van der Waals surface area contributed by atoms with E-state index in [0.29, 0.717) is 11.9 Å². The van der Waals surface area contributed by atoms with Crippen molar-refractivity contribution in [2.75, 3.05) is 19.3 Å². The summed E-state index contributed by atoms with van der Waals surface area (Å²) in [4.78, 5) is 11.5. The van der Waals surface area contributed by atoms with Crippen molar-refractivity contribution in [3.8, 4) is 0 Å². The van der Waals surface area contributed by atoms with Crippen molar-refractivity contribution in [3.05, 3.63) is 35.9 Å². The lowest BCUT2D eigenvalue weighted by Gasteiger charge is -2.38. The Hall–Kier alpha value is -1.37. The molecule has 0 saturated carbocycles. The summed E-state index contributed by atoms with van der Waals surface area (Å²) in [5.74, 6) is 1.02. The summed E-state index contributed by atoms with van der Waals surface area (Å²) in [6.07, 6.45) is 1.98. The number of likely N-dealkylation sites (tertiary alicyclic amines) is 1. The third-order valence-electron chi connectivity index (χ3n) is 4.32. The van der Waals surface area contributed by atoms with Crippen molar-refractivity contribution in [2.45, 2.75) is 23.6 Å². The molecule has 0 aliphatic carbocycles. The molecule has 2 aliphatic rings. The summed E-state index contributed by atoms with van der Waals surface area (Å²) in [5.41, 5.74) is 2.39. The molecule has 0 radical (unpaired) electrons. The van der Waals surface area contributed by atoms with E-state index in [1.54, 1.807) is 11.8 Å². The normalized spacial score (nSPS) is 24.0. The van der Waals surface area contributed by atoms with Gasteiger partial charge in [0.25, 0.3) is 0 Å². The van der Waals surface area contributed by atoms with E-state index in [1.165, 1.54) is 5.56 Å². The van der Waals surface area contributed by atoms with Crippen LogP contribution in [0, 0.1) is 5.92 Å². The summed E-state index contributed by atoms with van der Waals surface area (Å²) in [5, 5.41) is 5.21. The molecule has 120 valence electrons. The van der Waals surface area contributed by atoms with Crippen molar-refractivity contribution >= 4 is 35.0 Å². The molecule has 3 heterocycles. The number of aliphatic imine (C=N–C) groups is 1. The number of benzene rings is 1. The molecular weight excluding hydrogens is 330 g/mol. The third-order valence-corrected chi connectivity index (χ3v) is 5.22. The minimum absolute atomic E-state index is 0.0550. The summed E-state index contributed by atoms with van der Waals surface area (Å²) in [6.45, 7) is 3.53. The highest BCUT2D eigenvalue weighted by Gasteiger charge is 2.36. The fourth-order valence-corrected chi connectivity index (χ4v) is 4.04. The van der Waals surface area contributed by atoms with Crippen LogP contribution in [0.5, 0.6) is 0 Å². The largest absolute Gasteiger partial charge is 0.297 e. The molecule has 2 unspecified atom stereocenters. The quantitative estimate of drug-likeness (QED) is 0.632. The van der Waals surface area contributed by atoms with Gasteiger partial charge in [-0.2, -0.15) is 4.98 Å². The molecule has 0 bridgehead atoms. The molecule has 23 heavy (non-hydrogen) atoms. The lowest BCUT2D eigenvalue weighted by Crippen LogP contribution is -2.49. The highest BCUT2D eigenvalue weighted by Crippen LogP contribution is 2.30. The Bertz CT molecular complexity index is 729. The Labute approximate surface area is 144 Å². The molecule has 0 N–H and O–H groups in total. The summed E-state index contributed by atoms with van der Waals surface area (Å²) < 4.78 is 1.91. The molecule has 1 aromatic heterocycles. The van der Waals surface area contributed by atoms with Crippen LogP contribution in [-0.2, 0) is 13.1 Å². The maximum atomic E-state index is 6.62. The predicted molar refractivity (Wildman–Crippen MR) is 93.7 cm³/mol. The summed E-state index contributed by atoms with van der Waals surface area (Å²) in [6, 6.07) is 10.5. The third kappa shape index (κ3) is 3.03. The van der Waals surface area contributed by atoms with Crippen LogP contribution in [0.3, 0.4) is 0 Å². The molecule has 2 atom stereocenters. The van der Waals surface area contributed by atoms with Gasteiger partial charge in [-0.05, 0) is 11.8 Å². The Morgan fingerprint density at radius 3 is 2.83 bits per heavy atom. The number of hydrogen-bond donors (Lipinski definition) is 0. The molecule has 7 heteroatoms. The van der Waals surface area contributed by atoms with Gasteiger partial charge in [-0.25, -0.2) is 9.67 Å². The van der Waals surface area contributed by atoms with Gasteiger partial charge in [0.1, 0.15) is 0 Å². The number of piperidine rings is 1. The highest BCUT2D eigenvalue weighted by molar-refractivity contribution is 7.98. The van der Waals surface area contributed by atoms with Gasteiger partial charge in [0, 0.05) is 31.3 Å². The van der Waals surface area contributed by atoms with Crippen molar-refractivity contribution in [2.24, 2.45) is 10.9 Å². The van der Waals surface area contributed by atoms with Crippen molar-refractivity contribution in [1.29, 1.82) is 0 Å². The predicted octanol–water partition coefficient (Wildman–Crippen LogP) is 2.83. The van der Waals surface area contributed by atoms with Gasteiger partial charge in [0.2, 0.25) is 11.1 Å². The molecule has 0 spiro atoms. The minimum atomic E-state index is -0.0550. The average Bonchev–Trinajstić information content (AvgIpc) is 2.96. The van der Waals surface area contributed by atoms with Gasteiger partial charge in [0.15, 0.2) is 0 Å². The molecule has 0 amide bonds. The molecule has 2 aromatic rings. The lowest BCUT2D eigenvalue weighted by atomic mass is 9.93. The van der Waals surface area contributed by atoms with Crippen molar-refractivity contribution in [3.63, 3.8) is 0 Å². The fourth-order valence-electron chi connectivity index (χ4n) is 3.27. The SMILES string of the molecule is CSc1nc2n(n1)CC1CN(Cc3ccccc3)CC(Cl)C1=N2. The number of aromatic nitrogens is 3. The van der Waals surface area contributed by atoms with E-state index in [1.807, 2.05) is 17.0 Å². The first kappa shape index (κ1) is 15.2. The van der Waals surface area contributed by atoms with Crippen LogP contribution in [0.1, 0.15) is 5.56 Å². The van der Waals surface area contributed by atoms with Crippen molar-refractivity contribution < 1.29 is 0 Å². The number of thioether (sulfide) groups is 1. The van der Waals surface area contributed by atoms with Gasteiger partial charge < -0.3 is 0 Å². The first-order valence-corrected chi connectivity index (χ1v) is 9.36. The monoisotopic (exact) mass is 347 g/mol. The second-order valence-corrected chi connectivity index (χ2v) is 7.26. The van der Waals surface area contributed by atoms with Crippen LogP contribution in [0.2, 0.25) is 0 Å². The zero-order valence-corrected chi connectivity index (χ0v) is 14.5. The summed E-state index contributed by atoms with van der Waals surface area (Å²) >= 11 is 8.17. The molecular formula is C16H18ClN5S. The fraction of sp³-hybridized carbons (Fsp3) is 0.438. The molecule has 1 aromatic carbocycles. The van der Waals surface area contributed by atoms with E-state index in [9.17, 15) is 0 Å². The van der Waals surface area contributed by atoms with E-state index >= 15 is 0 Å². The molecule has 2 aliphatic heterocycles. The van der Waals surface area contributed by atoms with Gasteiger partial charge in [-0.1, -0.05) is 42.1 Å². The van der Waals surface area contributed by atoms with Crippen molar-refractivity contribution in [1.82, 2.24) is 19.7 Å². The van der Waals surface area contributed by atoms with Crippen LogP contribution in [0.4, 0.5) is 5.95 Å². The number of halogens is 1. The van der Waals surface area contributed by atoms with E-state index in [4.69, 9.17) is 16.6 Å². The second-order valence-electron chi connectivity index (χ2n) is 5.96. The number of alkyl halides is 1. The van der Waals surface area contributed by atoms with Crippen LogP contribution in [0.25, 0.3) is 0 Å². The first-order chi connectivity index (χ1) is 11.2. The Kier molecular flexibility index (Phi) is 4.13.